The summed E-state index contributed by atoms with van der Waals surface area (Å²) in [7, 11) is -3.59. The summed E-state index contributed by atoms with van der Waals surface area (Å²) in [5.74, 6) is 0.440. The van der Waals surface area contributed by atoms with Crippen molar-refractivity contribution in [3.05, 3.63) is 52.2 Å². The van der Waals surface area contributed by atoms with Gasteiger partial charge in [0, 0.05) is 29.3 Å². The Bertz CT molecular complexity index is 1090. The molecule has 1 amide bonds. The molecule has 158 valence electrons. The normalized spacial score (nSPS) is 15.2. The number of nitrogens with zero attached hydrogens (tertiary/aromatic N) is 3. The second kappa shape index (κ2) is 9.54. The predicted molar refractivity (Wildman–Crippen MR) is 118 cm³/mol. The number of amides is 1. The first-order valence-corrected chi connectivity index (χ1v) is 13.1. The Hall–Kier alpha value is -1.83. The average Bonchev–Trinajstić information content (AvgIpc) is 3.45. The first-order chi connectivity index (χ1) is 14.5. The molecule has 0 spiro atoms. The number of morpholine rings is 1. The maximum atomic E-state index is 12.7. The zero-order valence-corrected chi connectivity index (χ0v) is 19.0. The van der Waals surface area contributed by atoms with E-state index >= 15 is 0 Å². The summed E-state index contributed by atoms with van der Waals surface area (Å²) in [4.78, 5) is 13.9. The van der Waals surface area contributed by atoms with E-state index in [0.717, 1.165) is 10.1 Å². The quantitative estimate of drug-likeness (QED) is 0.408. The summed E-state index contributed by atoms with van der Waals surface area (Å²) in [6.07, 6.45) is 0. The van der Waals surface area contributed by atoms with Crippen LogP contribution in [-0.2, 0) is 20.5 Å². The number of rotatable bonds is 7. The maximum absolute atomic E-state index is 12.7. The lowest BCUT2D eigenvalue weighted by Crippen LogP contribution is -2.40. The van der Waals surface area contributed by atoms with Crippen LogP contribution in [0.4, 0.5) is 5.13 Å². The van der Waals surface area contributed by atoms with Gasteiger partial charge in [0.2, 0.25) is 15.2 Å². The molecule has 1 N–H and O–H groups in total. The number of hydrogen-bond acceptors (Lipinski definition) is 9. The van der Waals surface area contributed by atoms with Gasteiger partial charge < -0.3 is 4.74 Å². The molecule has 4 rings (SSSR count). The summed E-state index contributed by atoms with van der Waals surface area (Å²) in [5, 5.41) is 13.2. The molecule has 1 saturated heterocycles. The van der Waals surface area contributed by atoms with Gasteiger partial charge in [0.15, 0.2) is 4.34 Å². The maximum Gasteiger partial charge on any atom is 0.257 e. The molecule has 1 aromatic carbocycles. The summed E-state index contributed by atoms with van der Waals surface area (Å²) in [5.41, 5.74) is 0.346. The number of ether oxygens (including phenoxy) is 1. The molecule has 0 bridgehead atoms. The first-order valence-electron chi connectivity index (χ1n) is 9.00. The van der Waals surface area contributed by atoms with Crippen LogP contribution in [-0.4, -0.2) is 55.1 Å². The number of thioether (sulfide) groups is 1. The van der Waals surface area contributed by atoms with Gasteiger partial charge in [0.1, 0.15) is 0 Å². The van der Waals surface area contributed by atoms with E-state index in [0.29, 0.717) is 37.0 Å². The van der Waals surface area contributed by atoms with E-state index in [1.807, 2.05) is 11.4 Å². The highest BCUT2D eigenvalue weighted by Crippen LogP contribution is 2.29. The third-order valence-electron chi connectivity index (χ3n) is 4.27. The van der Waals surface area contributed by atoms with Gasteiger partial charge in [0.05, 0.1) is 18.1 Å². The van der Waals surface area contributed by atoms with E-state index in [2.05, 4.69) is 21.6 Å². The van der Waals surface area contributed by atoms with E-state index in [4.69, 9.17) is 4.74 Å². The fraction of sp³-hybridized carbons (Fsp3) is 0.278. The van der Waals surface area contributed by atoms with Crippen molar-refractivity contribution in [2.75, 3.05) is 31.6 Å². The Morgan fingerprint density at radius 2 is 1.93 bits per heavy atom. The van der Waals surface area contributed by atoms with E-state index in [1.54, 1.807) is 23.1 Å². The van der Waals surface area contributed by atoms with Crippen molar-refractivity contribution in [1.29, 1.82) is 0 Å². The van der Waals surface area contributed by atoms with E-state index in [-0.39, 0.29) is 10.8 Å². The standard InChI is InChI=1S/C18H18N4O4S4/c23-16(19-17-20-21-18(29-17)28-12-14-2-1-11-27-14)13-3-5-15(6-4-13)30(24,25)22-7-9-26-10-8-22/h1-6,11H,7-10,12H2,(H,19,20,23). The van der Waals surface area contributed by atoms with E-state index in [9.17, 15) is 13.2 Å². The smallest absolute Gasteiger partial charge is 0.257 e. The molecule has 12 heteroatoms. The minimum atomic E-state index is -3.59. The van der Waals surface area contributed by atoms with Crippen LogP contribution in [0.1, 0.15) is 15.2 Å². The molecule has 0 radical (unpaired) electrons. The summed E-state index contributed by atoms with van der Waals surface area (Å²) >= 11 is 4.55. The number of aromatic nitrogens is 2. The second-order valence-corrected chi connectivity index (χ2v) is 11.4. The van der Waals surface area contributed by atoms with Crippen molar-refractivity contribution < 1.29 is 17.9 Å². The van der Waals surface area contributed by atoms with Gasteiger partial charge in [-0.1, -0.05) is 29.2 Å². The van der Waals surface area contributed by atoms with Crippen LogP contribution in [0.25, 0.3) is 0 Å². The first kappa shape index (κ1) is 21.4. The molecule has 0 saturated carbocycles. The van der Waals surface area contributed by atoms with Gasteiger partial charge in [-0.05, 0) is 35.7 Å². The third-order valence-corrected chi connectivity index (χ3v) is 9.26. The number of sulfonamides is 1. The molecule has 3 heterocycles. The number of carbonyl (C=O) groups excluding carboxylic acids is 1. The van der Waals surface area contributed by atoms with E-state index < -0.39 is 10.0 Å². The number of anilines is 1. The van der Waals surface area contributed by atoms with Gasteiger partial charge in [-0.15, -0.1) is 21.5 Å². The molecule has 0 unspecified atom stereocenters. The lowest BCUT2D eigenvalue weighted by atomic mass is 10.2. The molecule has 2 aromatic heterocycles. The minimum absolute atomic E-state index is 0.157. The fourth-order valence-electron chi connectivity index (χ4n) is 2.73. The van der Waals surface area contributed by atoms with Crippen molar-refractivity contribution in [2.45, 2.75) is 15.0 Å². The van der Waals surface area contributed by atoms with Crippen LogP contribution in [0.15, 0.2) is 51.0 Å². The van der Waals surface area contributed by atoms with Gasteiger partial charge in [0.25, 0.3) is 5.91 Å². The zero-order valence-electron chi connectivity index (χ0n) is 15.7. The van der Waals surface area contributed by atoms with Crippen molar-refractivity contribution in [1.82, 2.24) is 14.5 Å². The SMILES string of the molecule is O=C(Nc1nnc(SCc2cccs2)s1)c1ccc(S(=O)(=O)N2CCOCC2)cc1. The van der Waals surface area contributed by atoms with Crippen LogP contribution in [0, 0.1) is 0 Å². The molecule has 1 aliphatic heterocycles. The van der Waals surface area contributed by atoms with Crippen LogP contribution >= 0.6 is 34.4 Å². The van der Waals surface area contributed by atoms with Gasteiger partial charge >= 0.3 is 0 Å². The number of thiophene rings is 1. The van der Waals surface area contributed by atoms with Crippen molar-refractivity contribution in [3.63, 3.8) is 0 Å². The topological polar surface area (TPSA) is 101 Å². The molecule has 1 aliphatic rings. The van der Waals surface area contributed by atoms with E-state index in [1.165, 1.54) is 44.8 Å². The number of nitrogens with one attached hydrogen (secondary N) is 1. The van der Waals surface area contributed by atoms with Crippen LogP contribution in [0.3, 0.4) is 0 Å². The average molecular weight is 483 g/mol. The predicted octanol–water partition coefficient (Wildman–Crippen LogP) is 3.17. The molecule has 0 atom stereocenters. The lowest BCUT2D eigenvalue weighted by Gasteiger charge is -2.26. The lowest BCUT2D eigenvalue weighted by molar-refractivity contribution is 0.0730. The molecule has 30 heavy (non-hydrogen) atoms. The van der Waals surface area contributed by atoms with Crippen LogP contribution < -0.4 is 5.32 Å². The Kier molecular flexibility index (Phi) is 6.80. The Labute approximate surface area is 186 Å². The molecular weight excluding hydrogens is 464 g/mol. The summed E-state index contributed by atoms with van der Waals surface area (Å²) in [6, 6.07) is 9.95. The minimum Gasteiger partial charge on any atom is -0.379 e. The number of carbonyl (C=O) groups is 1. The Morgan fingerprint density at radius 3 is 2.63 bits per heavy atom. The summed E-state index contributed by atoms with van der Waals surface area (Å²) in [6.45, 7) is 1.42. The Balaban J connectivity index is 1.37. The number of benzene rings is 1. The molecule has 3 aromatic rings. The number of hydrogen-bond donors (Lipinski definition) is 1. The highest BCUT2D eigenvalue weighted by atomic mass is 32.2. The van der Waals surface area contributed by atoms with Gasteiger partial charge in [-0.3, -0.25) is 10.1 Å². The third kappa shape index (κ3) is 5.07. The van der Waals surface area contributed by atoms with Gasteiger partial charge in [-0.25, -0.2) is 8.42 Å². The molecule has 1 fully saturated rings. The fourth-order valence-corrected chi connectivity index (χ4v) is 6.66. The Morgan fingerprint density at radius 1 is 1.17 bits per heavy atom. The van der Waals surface area contributed by atoms with Crippen LogP contribution in [0.5, 0.6) is 0 Å². The molecular formula is C18H18N4O4S4. The zero-order chi connectivity index (χ0) is 21.0. The largest absolute Gasteiger partial charge is 0.379 e. The molecule has 0 aliphatic carbocycles. The highest BCUT2D eigenvalue weighted by molar-refractivity contribution is 8.00. The van der Waals surface area contributed by atoms with Crippen molar-refractivity contribution >= 4 is 55.5 Å². The second-order valence-electron chi connectivity index (χ2n) is 6.24. The van der Waals surface area contributed by atoms with Crippen LogP contribution in [0.2, 0.25) is 0 Å². The monoisotopic (exact) mass is 482 g/mol. The van der Waals surface area contributed by atoms with Crippen molar-refractivity contribution in [2.24, 2.45) is 0 Å². The van der Waals surface area contributed by atoms with Crippen molar-refractivity contribution in [3.8, 4) is 0 Å². The van der Waals surface area contributed by atoms with Gasteiger partial charge in [-0.2, -0.15) is 4.31 Å². The summed E-state index contributed by atoms with van der Waals surface area (Å²) < 4.78 is 32.7. The molecule has 8 nitrogen and oxygen atoms in total. The highest BCUT2D eigenvalue weighted by Gasteiger charge is 2.26.